The number of nitrogens with one attached hydrogen (secondary N) is 2. The van der Waals surface area contributed by atoms with Crippen molar-refractivity contribution in [2.75, 3.05) is 38.5 Å². The molecule has 2 atom stereocenters. The largest absolute Gasteiger partial charge is 0.373 e. The van der Waals surface area contributed by atoms with Crippen molar-refractivity contribution < 1.29 is 13.2 Å². The van der Waals surface area contributed by atoms with Gasteiger partial charge in [-0.05, 0) is 39.5 Å². The molecule has 2 unspecified atom stereocenters. The normalized spacial score (nSPS) is 23.0. The summed E-state index contributed by atoms with van der Waals surface area (Å²) in [6, 6.07) is 0. The van der Waals surface area contributed by atoms with E-state index >= 15 is 0 Å². The van der Waals surface area contributed by atoms with Crippen molar-refractivity contribution in [3.63, 3.8) is 0 Å². The Morgan fingerprint density at radius 2 is 1.88 bits per heavy atom. The third-order valence-corrected chi connectivity index (χ3v) is 5.79. The van der Waals surface area contributed by atoms with Gasteiger partial charge in [0.05, 0.1) is 18.0 Å². The summed E-state index contributed by atoms with van der Waals surface area (Å²) in [5.74, 6) is 1.42. The molecule has 0 aromatic carbocycles. The predicted molar refractivity (Wildman–Crippen MR) is 103 cm³/mol. The zero-order chi connectivity index (χ0) is 18.9. The molecule has 0 spiro atoms. The monoisotopic (exact) mass is 376 g/mol. The second-order valence-electron chi connectivity index (χ2n) is 7.11. The molecular weight excluding hydrogens is 340 g/mol. The Morgan fingerprint density at radius 1 is 1.24 bits per heavy atom. The van der Waals surface area contributed by atoms with Crippen LogP contribution in [0.25, 0.3) is 0 Å². The lowest BCUT2D eigenvalue weighted by Crippen LogP contribution is -2.50. The average Bonchev–Trinajstić information content (AvgIpc) is 2.50. The van der Waals surface area contributed by atoms with Gasteiger partial charge in [-0.25, -0.2) is 8.42 Å². The summed E-state index contributed by atoms with van der Waals surface area (Å²) in [4.78, 5) is 4.51. The van der Waals surface area contributed by atoms with Crippen molar-refractivity contribution in [2.24, 2.45) is 10.9 Å². The molecule has 1 fully saturated rings. The van der Waals surface area contributed by atoms with Crippen LogP contribution in [0, 0.1) is 5.92 Å². The van der Waals surface area contributed by atoms with E-state index in [1.165, 1.54) is 0 Å². The van der Waals surface area contributed by atoms with Crippen LogP contribution in [0.1, 0.15) is 47.5 Å². The summed E-state index contributed by atoms with van der Waals surface area (Å²) in [6.07, 6.45) is 2.05. The van der Waals surface area contributed by atoms with Gasteiger partial charge in [0, 0.05) is 32.7 Å². The van der Waals surface area contributed by atoms with Crippen molar-refractivity contribution in [3.8, 4) is 0 Å². The molecule has 0 aromatic heterocycles. The lowest BCUT2D eigenvalue weighted by molar-refractivity contribution is -0.0440. The molecule has 0 bridgehead atoms. The third-order valence-electron chi connectivity index (χ3n) is 3.99. The van der Waals surface area contributed by atoms with Gasteiger partial charge in [-0.2, -0.15) is 4.31 Å². The minimum atomic E-state index is -3.29. The van der Waals surface area contributed by atoms with E-state index in [1.54, 1.807) is 4.31 Å². The Labute approximate surface area is 153 Å². The maximum absolute atomic E-state index is 12.5. The molecule has 2 N–H and O–H groups in total. The van der Waals surface area contributed by atoms with Crippen molar-refractivity contribution in [1.29, 1.82) is 0 Å². The molecule has 0 aromatic rings. The molecule has 8 heteroatoms. The number of guanidine groups is 1. The molecule has 25 heavy (non-hydrogen) atoms. The van der Waals surface area contributed by atoms with Crippen LogP contribution in [-0.4, -0.2) is 69.4 Å². The molecule has 1 aliphatic rings. The number of sulfonamides is 1. The highest BCUT2D eigenvalue weighted by Gasteiger charge is 2.30. The van der Waals surface area contributed by atoms with Gasteiger partial charge in [0.15, 0.2) is 5.96 Å². The van der Waals surface area contributed by atoms with E-state index in [-0.39, 0.29) is 18.0 Å². The maximum atomic E-state index is 12.5. The van der Waals surface area contributed by atoms with Gasteiger partial charge in [0.2, 0.25) is 10.0 Å². The molecule has 148 valence electrons. The first-order chi connectivity index (χ1) is 11.7. The highest BCUT2D eigenvalue weighted by molar-refractivity contribution is 7.89. The van der Waals surface area contributed by atoms with Crippen LogP contribution in [0.2, 0.25) is 0 Å². The standard InChI is InChI=1S/C17H36N4O3S/c1-6-18-17(19-9-7-8-14(2)3)20-10-11-25(22,23)21-12-15(4)24-16(5)13-21/h14-16H,6-13H2,1-5H3,(H2,18,19,20). The highest BCUT2D eigenvalue weighted by Crippen LogP contribution is 2.14. The minimum Gasteiger partial charge on any atom is -0.373 e. The van der Waals surface area contributed by atoms with Crippen molar-refractivity contribution >= 4 is 16.0 Å². The summed E-state index contributed by atoms with van der Waals surface area (Å²) in [7, 11) is -3.29. The second-order valence-corrected chi connectivity index (χ2v) is 9.20. The van der Waals surface area contributed by atoms with Crippen molar-refractivity contribution in [3.05, 3.63) is 0 Å². The first-order valence-electron chi connectivity index (χ1n) is 9.40. The molecule has 1 rings (SSSR count). The molecule has 0 radical (unpaired) electrons. The predicted octanol–water partition coefficient (Wildman–Crippen LogP) is 1.42. The van der Waals surface area contributed by atoms with Crippen LogP contribution in [0.15, 0.2) is 4.99 Å². The smallest absolute Gasteiger partial charge is 0.216 e. The van der Waals surface area contributed by atoms with Gasteiger partial charge >= 0.3 is 0 Å². The molecule has 0 aliphatic carbocycles. The third kappa shape index (κ3) is 8.87. The first-order valence-corrected chi connectivity index (χ1v) is 11.0. The average molecular weight is 377 g/mol. The van der Waals surface area contributed by atoms with Gasteiger partial charge in [-0.15, -0.1) is 0 Å². The Balaban J connectivity index is 2.46. The number of hydrogen-bond donors (Lipinski definition) is 2. The van der Waals surface area contributed by atoms with E-state index in [4.69, 9.17) is 4.74 Å². The minimum absolute atomic E-state index is 0.0584. The van der Waals surface area contributed by atoms with Gasteiger partial charge in [0.25, 0.3) is 0 Å². The molecule has 1 heterocycles. The second kappa shape index (κ2) is 11.0. The molecule has 0 saturated carbocycles. The van der Waals surface area contributed by atoms with Gasteiger partial charge in [-0.3, -0.25) is 4.99 Å². The molecule has 0 amide bonds. The zero-order valence-corrected chi connectivity index (χ0v) is 17.2. The van der Waals surface area contributed by atoms with Gasteiger partial charge < -0.3 is 15.4 Å². The van der Waals surface area contributed by atoms with Crippen molar-refractivity contribution in [1.82, 2.24) is 14.9 Å². The Hall–Kier alpha value is -0.860. The van der Waals surface area contributed by atoms with E-state index < -0.39 is 10.0 Å². The summed E-state index contributed by atoms with van der Waals surface area (Å²) < 4.78 is 32.2. The topological polar surface area (TPSA) is 83.0 Å². The molecular formula is C17H36N4O3S. The number of nitrogens with zero attached hydrogens (tertiary/aromatic N) is 2. The van der Waals surface area contributed by atoms with E-state index in [1.807, 2.05) is 20.8 Å². The van der Waals surface area contributed by atoms with Gasteiger partial charge in [-0.1, -0.05) is 13.8 Å². The number of ether oxygens (including phenoxy) is 1. The van der Waals surface area contributed by atoms with E-state index in [0.29, 0.717) is 31.5 Å². The van der Waals surface area contributed by atoms with E-state index in [9.17, 15) is 8.42 Å². The molecule has 1 aliphatic heterocycles. The fourth-order valence-electron chi connectivity index (χ4n) is 2.82. The van der Waals surface area contributed by atoms with Crippen LogP contribution in [0.3, 0.4) is 0 Å². The van der Waals surface area contributed by atoms with Crippen LogP contribution in [-0.2, 0) is 14.8 Å². The van der Waals surface area contributed by atoms with Crippen molar-refractivity contribution in [2.45, 2.75) is 59.7 Å². The fraction of sp³-hybridized carbons (Fsp3) is 0.941. The quantitative estimate of drug-likeness (QED) is 0.361. The van der Waals surface area contributed by atoms with Crippen LogP contribution < -0.4 is 10.6 Å². The number of aliphatic imine (C=N–C) groups is 1. The van der Waals surface area contributed by atoms with Crippen LogP contribution in [0.4, 0.5) is 0 Å². The fourth-order valence-corrected chi connectivity index (χ4v) is 4.31. The zero-order valence-electron chi connectivity index (χ0n) is 16.4. The number of hydrogen-bond acceptors (Lipinski definition) is 4. The van der Waals surface area contributed by atoms with Crippen LogP contribution >= 0.6 is 0 Å². The number of rotatable bonds is 9. The summed E-state index contributed by atoms with van der Waals surface area (Å²) in [5, 5.41) is 6.29. The van der Waals surface area contributed by atoms with E-state index in [2.05, 4.69) is 29.5 Å². The lowest BCUT2D eigenvalue weighted by Gasteiger charge is -2.34. The highest BCUT2D eigenvalue weighted by atomic mass is 32.2. The Bertz CT molecular complexity index is 498. The Morgan fingerprint density at radius 3 is 2.44 bits per heavy atom. The lowest BCUT2D eigenvalue weighted by atomic mass is 10.1. The first kappa shape index (κ1) is 22.2. The number of morpholine rings is 1. The SMILES string of the molecule is CCNC(=NCCCC(C)C)NCCS(=O)(=O)N1CC(C)OC(C)C1. The summed E-state index contributed by atoms with van der Waals surface area (Å²) in [6.45, 7) is 12.9. The summed E-state index contributed by atoms with van der Waals surface area (Å²) >= 11 is 0. The molecule has 7 nitrogen and oxygen atoms in total. The van der Waals surface area contributed by atoms with Crippen LogP contribution in [0.5, 0.6) is 0 Å². The van der Waals surface area contributed by atoms with E-state index in [0.717, 1.165) is 25.9 Å². The van der Waals surface area contributed by atoms with Gasteiger partial charge in [0.1, 0.15) is 0 Å². The summed E-state index contributed by atoms with van der Waals surface area (Å²) in [5.41, 5.74) is 0. The molecule has 1 saturated heterocycles. The Kier molecular flexibility index (Phi) is 9.74. The maximum Gasteiger partial charge on any atom is 0.216 e.